The third kappa shape index (κ3) is 3.83. The maximum atomic E-state index is 12.2. The molecule has 0 heterocycles. The standard InChI is InChI=1S/C14H13BrN2O3S/c15-9-10-1-7-13(8-2-10)21(19,20)17-12-5-3-11(4-6-12)14(16)18/h1-8,17H,9H2,(H2,16,18). The highest BCUT2D eigenvalue weighted by molar-refractivity contribution is 9.08. The van der Waals surface area contributed by atoms with Crippen LogP contribution in [0.3, 0.4) is 0 Å². The first-order valence-electron chi connectivity index (χ1n) is 6.00. The van der Waals surface area contributed by atoms with Gasteiger partial charge in [0.05, 0.1) is 4.90 Å². The molecule has 110 valence electrons. The van der Waals surface area contributed by atoms with Gasteiger partial charge in [-0.25, -0.2) is 8.42 Å². The quantitative estimate of drug-likeness (QED) is 0.794. The first-order valence-corrected chi connectivity index (χ1v) is 8.60. The number of nitrogens with one attached hydrogen (secondary N) is 1. The second kappa shape index (κ2) is 6.28. The number of anilines is 1. The zero-order chi connectivity index (χ0) is 15.5. The van der Waals surface area contributed by atoms with E-state index in [4.69, 9.17) is 5.73 Å². The second-order valence-corrected chi connectivity index (χ2v) is 6.57. The van der Waals surface area contributed by atoms with Gasteiger partial charge in [0.2, 0.25) is 5.91 Å². The van der Waals surface area contributed by atoms with E-state index in [1.54, 1.807) is 12.1 Å². The van der Waals surface area contributed by atoms with Gasteiger partial charge in [0, 0.05) is 16.6 Å². The molecule has 3 N–H and O–H groups in total. The third-order valence-corrected chi connectivity index (χ3v) is 4.85. The van der Waals surface area contributed by atoms with E-state index in [0.29, 0.717) is 16.6 Å². The van der Waals surface area contributed by atoms with Crippen LogP contribution in [0.4, 0.5) is 5.69 Å². The molecule has 0 bridgehead atoms. The van der Waals surface area contributed by atoms with Gasteiger partial charge in [-0.2, -0.15) is 0 Å². The lowest BCUT2D eigenvalue weighted by molar-refractivity contribution is 0.100. The minimum Gasteiger partial charge on any atom is -0.366 e. The molecule has 0 fully saturated rings. The van der Waals surface area contributed by atoms with E-state index < -0.39 is 15.9 Å². The summed E-state index contributed by atoms with van der Waals surface area (Å²) in [5, 5.41) is 0.662. The highest BCUT2D eigenvalue weighted by Gasteiger charge is 2.14. The Hall–Kier alpha value is -1.86. The minimum absolute atomic E-state index is 0.172. The molecule has 0 saturated heterocycles. The van der Waals surface area contributed by atoms with Crippen molar-refractivity contribution in [1.29, 1.82) is 0 Å². The number of sulfonamides is 1. The highest BCUT2D eigenvalue weighted by atomic mass is 79.9. The van der Waals surface area contributed by atoms with Gasteiger partial charge in [0.15, 0.2) is 0 Å². The van der Waals surface area contributed by atoms with E-state index in [1.165, 1.54) is 36.4 Å². The van der Waals surface area contributed by atoms with Crippen molar-refractivity contribution in [3.63, 3.8) is 0 Å². The fourth-order valence-electron chi connectivity index (χ4n) is 1.67. The lowest BCUT2D eigenvalue weighted by Crippen LogP contribution is -2.14. The molecular formula is C14H13BrN2O3S. The van der Waals surface area contributed by atoms with Crippen molar-refractivity contribution < 1.29 is 13.2 Å². The number of benzene rings is 2. The van der Waals surface area contributed by atoms with Crippen LogP contribution in [0, 0.1) is 0 Å². The molecule has 0 aliphatic carbocycles. The summed E-state index contributed by atoms with van der Waals surface area (Å²) >= 11 is 3.30. The zero-order valence-electron chi connectivity index (χ0n) is 10.9. The number of hydrogen-bond acceptors (Lipinski definition) is 3. The lowest BCUT2D eigenvalue weighted by atomic mass is 10.2. The first kappa shape index (κ1) is 15.5. The number of carbonyl (C=O) groups is 1. The lowest BCUT2D eigenvalue weighted by Gasteiger charge is -2.08. The normalized spacial score (nSPS) is 11.1. The molecule has 0 aliphatic rings. The van der Waals surface area contributed by atoms with Crippen molar-refractivity contribution >= 4 is 37.5 Å². The van der Waals surface area contributed by atoms with E-state index in [2.05, 4.69) is 20.7 Å². The Labute approximate surface area is 131 Å². The Bertz CT molecular complexity index is 741. The van der Waals surface area contributed by atoms with Crippen molar-refractivity contribution in [2.24, 2.45) is 5.73 Å². The van der Waals surface area contributed by atoms with Gasteiger partial charge in [-0.15, -0.1) is 0 Å². The number of alkyl halides is 1. The number of hydrogen-bond donors (Lipinski definition) is 2. The summed E-state index contributed by atoms with van der Waals surface area (Å²) in [7, 11) is -3.65. The number of amides is 1. The molecule has 2 rings (SSSR count). The maximum Gasteiger partial charge on any atom is 0.261 e. The molecule has 5 nitrogen and oxygen atoms in total. The second-order valence-electron chi connectivity index (χ2n) is 4.32. The van der Waals surface area contributed by atoms with Gasteiger partial charge in [0.25, 0.3) is 10.0 Å². The summed E-state index contributed by atoms with van der Waals surface area (Å²) in [4.78, 5) is 11.1. The summed E-state index contributed by atoms with van der Waals surface area (Å²) < 4.78 is 26.9. The van der Waals surface area contributed by atoms with Crippen LogP contribution in [0.1, 0.15) is 15.9 Å². The molecular weight excluding hydrogens is 356 g/mol. The third-order valence-electron chi connectivity index (χ3n) is 2.81. The summed E-state index contributed by atoms with van der Waals surface area (Å²) in [5.41, 5.74) is 6.80. The van der Waals surface area contributed by atoms with Gasteiger partial charge in [-0.05, 0) is 42.0 Å². The van der Waals surface area contributed by atoms with E-state index in [9.17, 15) is 13.2 Å². The van der Waals surface area contributed by atoms with Crippen molar-refractivity contribution in [1.82, 2.24) is 0 Å². The Kier molecular flexibility index (Phi) is 4.64. The number of carbonyl (C=O) groups excluding carboxylic acids is 1. The van der Waals surface area contributed by atoms with Gasteiger partial charge >= 0.3 is 0 Å². The largest absolute Gasteiger partial charge is 0.366 e. The van der Waals surface area contributed by atoms with Crippen molar-refractivity contribution in [2.75, 3.05) is 4.72 Å². The molecule has 2 aromatic carbocycles. The van der Waals surface area contributed by atoms with Crippen molar-refractivity contribution in [3.05, 3.63) is 59.7 Å². The summed E-state index contributed by atoms with van der Waals surface area (Å²) in [6.07, 6.45) is 0. The predicted molar refractivity (Wildman–Crippen MR) is 84.8 cm³/mol. The molecule has 2 aromatic rings. The minimum atomic E-state index is -3.65. The summed E-state index contributed by atoms with van der Waals surface area (Å²) in [6.45, 7) is 0. The van der Waals surface area contributed by atoms with Crippen molar-refractivity contribution in [2.45, 2.75) is 10.2 Å². The Morgan fingerprint density at radius 3 is 2.10 bits per heavy atom. The highest BCUT2D eigenvalue weighted by Crippen LogP contribution is 2.18. The van der Waals surface area contributed by atoms with Crippen molar-refractivity contribution in [3.8, 4) is 0 Å². The van der Waals surface area contributed by atoms with Gasteiger partial charge in [-0.1, -0.05) is 28.1 Å². The van der Waals surface area contributed by atoms with Crippen LogP contribution >= 0.6 is 15.9 Å². The molecule has 0 aliphatic heterocycles. The molecule has 0 spiro atoms. The predicted octanol–water partition coefficient (Wildman–Crippen LogP) is 2.48. The van der Waals surface area contributed by atoms with Crippen LogP contribution in [-0.4, -0.2) is 14.3 Å². The fourth-order valence-corrected chi connectivity index (χ4v) is 3.11. The van der Waals surface area contributed by atoms with Crippen LogP contribution in [0.5, 0.6) is 0 Å². The zero-order valence-corrected chi connectivity index (χ0v) is 13.3. The number of nitrogens with two attached hydrogens (primary N) is 1. The first-order chi connectivity index (χ1) is 9.92. The monoisotopic (exact) mass is 368 g/mol. The summed E-state index contributed by atoms with van der Waals surface area (Å²) in [5.74, 6) is -0.560. The molecule has 0 atom stereocenters. The Morgan fingerprint density at radius 1 is 1.05 bits per heavy atom. The van der Waals surface area contributed by atoms with Gasteiger partial charge in [0.1, 0.15) is 0 Å². The molecule has 1 amide bonds. The smallest absolute Gasteiger partial charge is 0.261 e. The number of primary amides is 1. The summed E-state index contributed by atoms with van der Waals surface area (Å²) in [6, 6.07) is 12.5. The molecule has 0 saturated carbocycles. The van der Waals surface area contributed by atoms with Gasteiger partial charge in [-0.3, -0.25) is 9.52 Å². The SMILES string of the molecule is NC(=O)c1ccc(NS(=O)(=O)c2ccc(CBr)cc2)cc1. The molecule has 7 heteroatoms. The Balaban J connectivity index is 2.21. The van der Waals surface area contributed by atoms with E-state index in [-0.39, 0.29) is 4.90 Å². The number of halogens is 1. The van der Waals surface area contributed by atoms with Crippen LogP contribution < -0.4 is 10.5 Å². The molecule has 0 aromatic heterocycles. The van der Waals surface area contributed by atoms with E-state index >= 15 is 0 Å². The van der Waals surface area contributed by atoms with Crippen LogP contribution in [0.2, 0.25) is 0 Å². The fraction of sp³-hybridized carbons (Fsp3) is 0.0714. The van der Waals surface area contributed by atoms with Crippen LogP contribution in [-0.2, 0) is 15.4 Å². The molecule has 0 unspecified atom stereocenters. The van der Waals surface area contributed by atoms with Gasteiger partial charge < -0.3 is 5.73 Å². The average molecular weight is 369 g/mol. The number of rotatable bonds is 5. The average Bonchev–Trinajstić information content (AvgIpc) is 2.47. The van der Waals surface area contributed by atoms with E-state index in [1.807, 2.05) is 0 Å². The van der Waals surface area contributed by atoms with Crippen LogP contribution in [0.25, 0.3) is 0 Å². The topological polar surface area (TPSA) is 89.3 Å². The van der Waals surface area contributed by atoms with E-state index in [0.717, 1.165) is 5.56 Å². The maximum absolute atomic E-state index is 12.2. The molecule has 21 heavy (non-hydrogen) atoms. The Morgan fingerprint density at radius 2 is 1.62 bits per heavy atom. The van der Waals surface area contributed by atoms with Crippen LogP contribution in [0.15, 0.2) is 53.4 Å². The molecule has 0 radical (unpaired) electrons.